The van der Waals surface area contributed by atoms with Gasteiger partial charge in [-0.05, 0) is 25.8 Å². The normalized spacial score (nSPS) is 15.3. The third kappa shape index (κ3) is 5.36. The zero-order chi connectivity index (χ0) is 23.3. The predicted octanol–water partition coefficient (Wildman–Crippen LogP) is 3.35. The molecule has 1 aliphatic rings. The van der Waals surface area contributed by atoms with E-state index in [1.54, 1.807) is 6.92 Å². The van der Waals surface area contributed by atoms with Crippen LogP contribution in [0, 0.1) is 5.82 Å². The molecule has 10 heteroatoms. The topological polar surface area (TPSA) is 106 Å². The molecule has 0 radical (unpaired) electrons. The highest BCUT2D eigenvalue weighted by molar-refractivity contribution is 6.31. The van der Waals surface area contributed by atoms with Crippen molar-refractivity contribution in [1.82, 2.24) is 25.6 Å². The highest BCUT2D eigenvalue weighted by Crippen LogP contribution is 2.36. The van der Waals surface area contributed by atoms with Gasteiger partial charge < -0.3 is 15.4 Å². The summed E-state index contributed by atoms with van der Waals surface area (Å²) in [7, 11) is 0. The second-order valence-electron chi connectivity index (χ2n) is 7.17. The molecule has 2 amide bonds. The van der Waals surface area contributed by atoms with Gasteiger partial charge in [-0.3, -0.25) is 14.6 Å². The van der Waals surface area contributed by atoms with E-state index < -0.39 is 29.2 Å². The summed E-state index contributed by atoms with van der Waals surface area (Å²) in [4.78, 5) is 36.8. The van der Waals surface area contributed by atoms with E-state index >= 15 is 0 Å². The molecule has 0 bridgehead atoms. The number of carbonyl (C=O) groups is 2. The number of carbonyl (C=O) groups excluding carboxylic acids is 2. The highest BCUT2D eigenvalue weighted by Gasteiger charge is 2.51. The third-order valence-electron chi connectivity index (χ3n) is 4.73. The van der Waals surface area contributed by atoms with E-state index in [2.05, 4.69) is 38.7 Å². The van der Waals surface area contributed by atoms with E-state index in [9.17, 15) is 14.0 Å². The smallest absolute Gasteiger partial charge is 0.255 e. The summed E-state index contributed by atoms with van der Waals surface area (Å²) in [5.41, 5.74) is -0.790. The van der Waals surface area contributed by atoms with Crippen LogP contribution in [0.4, 0.5) is 4.39 Å². The maximum absolute atomic E-state index is 14.7. The summed E-state index contributed by atoms with van der Waals surface area (Å²) in [6.45, 7) is 8.71. The van der Waals surface area contributed by atoms with Crippen molar-refractivity contribution in [2.24, 2.45) is 0 Å². The van der Waals surface area contributed by atoms with Gasteiger partial charge in [-0.1, -0.05) is 30.8 Å². The fraction of sp³-hybridized carbons (Fsp3) is 0.227. The van der Waals surface area contributed by atoms with Gasteiger partial charge in [0.05, 0.1) is 28.5 Å². The van der Waals surface area contributed by atoms with Crippen molar-refractivity contribution in [2.75, 3.05) is 0 Å². The molecule has 1 unspecified atom stereocenters. The first-order valence-corrected chi connectivity index (χ1v) is 10.0. The maximum atomic E-state index is 14.7. The molecule has 1 aliphatic carbocycles. The van der Waals surface area contributed by atoms with Crippen LogP contribution in [-0.2, 0) is 4.79 Å². The summed E-state index contributed by atoms with van der Waals surface area (Å²) in [6, 6.07) is 0.378. The van der Waals surface area contributed by atoms with Crippen LogP contribution in [0.5, 0.6) is 5.75 Å². The van der Waals surface area contributed by atoms with E-state index in [-0.39, 0.29) is 27.8 Å². The molecule has 2 aromatic rings. The Morgan fingerprint density at radius 2 is 2.00 bits per heavy atom. The first-order valence-electron chi connectivity index (χ1n) is 9.65. The molecular formula is C22H21ClFN5O3. The number of aromatic nitrogens is 3. The van der Waals surface area contributed by atoms with Crippen LogP contribution < -0.4 is 15.4 Å². The number of hydrogen-bond acceptors (Lipinski definition) is 6. The quantitative estimate of drug-likeness (QED) is 0.442. The SMILES string of the molecule is C=C/C=C(/Oc1cnc(C(C)NC(=O)C2(NC(=O)c3cncnc3)CC2)c(F)c1)C(=C)Cl. The molecule has 1 fully saturated rings. The van der Waals surface area contributed by atoms with E-state index in [1.165, 1.54) is 37.1 Å². The van der Waals surface area contributed by atoms with Gasteiger partial charge in [-0.25, -0.2) is 14.4 Å². The number of amides is 2. The minimum absolute atomic E-state index is 0.0169. The molecule has 1 saturated carbocycles. The Bertz CT molecular complexity index is 1090. The standard InChI is InChI=1S/C22H21ClFN5O3/c1-4-5-18(13(2)23)32-16-8-17(24)19(27-11-16)14(3)28-21(31)22(6-7-22)29-20(30)15-9-25-12-26-10-15/h4-5,8-12,14H,1-2,6-7H2,3H3,(H,28,31)(H,29,30)/b18-5+. The molecule has 166 valence electrons. The number of hydrogen-bond donors (Lipinski definition) is 2. The Morgan fingerprint density at radius 3 is 2.56 bits per heavy atom. The van der Waals surface area contributed by atoms with Gasteiger partial charge in [0.1, 0.15) is 23.4 Å². The number of ether oxygens (including phenoxy) is 1. The van der Waals surface area contributed by atoms with E-state index in [4.69, 9.17) is 16.3 Å². The minimum atomic E-state index is -1.05. The molecule has 0 aromatic carbocycles. The Kier molecular flexibility index (Phi) is 6.99. The van der Waals surface area contributed by atoms with Gasteiger partial charge >= 0.3 is 0 Å². The van der Waals surface area contributed by atoms with Gasteiger partial charge in [-0.2, -0.15) is 0 Å². The zero-order valence-corrected chi connectivity index (χ0v) is 18.0. The molecule has 3 rings (SSSR count). The molecule has 2 aromatic heterocycles. The fourth-order valence-electron chi connectivity index (χ4n) is 2.86. The van der Waals surface area contributed by atoms with Crippen molar-refractivity contribution >= 4 is 23.4 Å². The van der Waals surface area contributed by atoms with Crippen LogP contribution >= 0.6 is 11.6 Å². The van der Waals surface area contributed by atoms with Crippen molar-refractivity contribution in [2.45, 2.75) is 31.3 Å². The van der Waals surface area contributed by atoms with E-state index in [0.717, 1.165) is 6.07 Å². The maximum Gasteiger partial charge on any atom is 0.255 e. The molecule has 0 aliphatic heterocycles. The molecule has 1 atom stereocenters. The van der Waals surface area contributed by atoms with Crippen LogP contribution in [0.15, 0.2) is 67.1 Å². The molecule has 0 spiro atoms. The Labute approximate surface area is 189 Å². The minimum Gasteiger partial charge on any atom is -0.454 e. The Balaban J connectivity index is 1.66. The largest absolute Gasteiger partial charge is 0.454 e. The number of rotatable bonds is 9. The van der Waals surface area contributed by atoms with Gasteiger partial charge in [0.2, 0.25) is 5.91 Å². The fourth-order valence-corrected chi connectivity index (χ4v) is 2.96. The lowest BCUT2D eigenvalue weighted by molar-refractivity contribution is -0.124. The lowest BCUT2D eigenvalue weighted by atomic mass is 10.1. The van der Waals surface area contributed by atoms with Crippen LogP contribution in [-0.4, -0.2) is 32.3 Å². The van der Waals surface area contributed by atoms with Crippen LogP contribution in [0.2, 0.25) is 0 Å². The van der Waals surface area contributed by atoms with Crippen molar-refractivity contribution in [3.8, 4) is 5.75 Å². The summed E-state index contributed by atoms with van der Waals surface area (Å²) in [5, 5.41) is 5.53. The molecule has 32 heavy (non-hydrogen) atoms. The predicted molar refractivity (Wildman–Crippen MR) is 116 cm³/mol. The average Bonchev–Trinajstić information content (AvgIpc) is 3.54. The monoisotopic (exact) mass is 457 g/mol. The van der Waals surface area contributed by atoms with Crippen molar-refractivity contribution in [3.63, 3.8) is 0 Å². The van der Waals surface area contributed by atoms with Gasteiger partial charge in [0.25, 0.3) is 5.91 Å². The third-order valence-corrected chi connectivity index (χ3v) is 4.91. The first kappa shape index (κ1) is 23.1. The molecule has 0 saturated heterocycles. The van der Waals surface area contributed by atoms with Crippen LogP contribution in [0.3, 0.4) is 0 Å². The van der Waals surface area contributed by atoms with Gasteiger partial charge in [0, 0.05) is 18.5 Å². The molecule has 2 N–H and O–H groups in total. The van der Waals surface area contributed by atoms with Crippen molar-refractivity contribution < 1.29 is 18.7 Å². The van der Waals surface area contributed by atoms with Crippen molar-refractivity contribution in [1.29, 1.82) is 0 Å². The van der Waals surface area contributed by atoms with E-state index in [0.29, 0.717) is 12.8 Å². The lowest BCUT2D eigenvalue weighted by Gasteiger charge is -2.21. The number of pyridine rings is 1. The Morgan fingerprint density at radius 1 is 1.31 bits per heavy atom. The number of nitrogens with one attached hydrogen (secondary N) is 2. The first-order chi connectivity index (χ1) is 15.3. The van der Waals surface area contributed by atoms with Gasteiger partial charge in [0.15, 0.2) is 5.82 Å². The molecular weight excluding hydrogens is 437 g/mol. The lowest BCUT2D eigenvalue weighted by Crippen LogP contribution is -2.49. The number of nitrogens with zero attached hydrogens (tertiary/aromatic N) is 3. The van der Waals surface area contributed by atoms with Gasteiger partial charge in [-0.15, -0.1) is 0 Å². The number of halogens is 2. The summed E-state index contributed by atoms with van der Waals surface area (Å²) >= 11 is 5.84. The van der Waals surface area contributed by atoms with Crippen molar-refractivity contribution in [3.05, 3.63) is 84.2 Å². The second-order valence-corrected chi connectivity index (χ2v) is 7.63. The highest BCUT2D eigenvalue weighted by atomic mass is 35.5. The summed E-state index contributed by atoms with van der Waals surface area (Å²) in [6.07, 6.45) is 9.20. The van der Waals surface area contributed by atoms with Crippen LogP contribution in [0.25, 0.3) is 0 Å². The molecule has 2 heterocycles. The van der Waals surface area contributed by atoms with E-state index in [1.807, 2.05) is 0 Å². The van der Waals surface area contributed by atoms with Crippen LogP contribution in [0.1, 0.15) is 41.9 Å². The summed E-state index contributed by atoms with van der Waals surface area (Å²) < 4.78 is 20.1. The molecule has 8 nitrogen and oxygen atoms in total. The zero-order valence-electron chi connectivity index (χ0n) is 17.3. The second kappa shape index (κ2) is 9.69. The Hall–Kier alpha value is -3.59. The summed E-state index contributed by atoms with van der Waals surface area (Å²) in [5.74, 6) is -1.25. The number of allylic oxidation sites excluding steroid dienone is 3. The average molecular weight is 458 g/mol.